The second kappa shape index (κ2) is 13.0. The lowest BCUT2D eigenvalue weighted by Crippen LogP contribution is -2.29. The molecule has 3 aromatic carbocycles. The maximum atomic E-state index is 13.4. The van der Waals surface area contributed by atoms with E-state index in [2.05, 4.69) is 33.1 Å². The highest BCUT2D eigenvalue weighted by molar-refractivity contribution is 9.10. The molecule has 2 heterocycles. The van der Waals surface area contributed by atoms with Crippen molar-refractivity contribution in [1.29, 1.82) is 0 Å². The molecule has 5 rings (SSSR count). The number of ketones is 1. The Morgan fingerprint density at radius 3 is 2.56 bits per heavy atom. The summed E-state index contributed by atoms with van der Waals surface area (Å²) in [5.74, 6) is -1.03. The smallest absolute Gasteiger partial charge is 0.301 e. The first-order chi connectivity index (χ1) is 19.9. The molecule has 1 atom stereocenters. The molecule has 0 saturated carbocycles. The second-order valence-corrected chi connectivity index (χ2v) is 12.3. The lowest BCUT2D eigenvalue weighted by atomic mass is 9.95. The molecular weight excluding hydrogens is 629 g/mol. The molecular formula is C30H25BrFN3O4S2. The normalized spacial score (nSPS) is 16.4. The number of carbonyl (C=O) groups is 2. The Morgan fingerprint density at radius 2 is 1.85 bits per heavy atom. The van der Waals surface area contributed by atoms with Gasteiger partial charge in [-0.15, -0.1) is 10.2 Å². The van der Waals surface area contributed by atoms with Gasteiger partial charge in [0, 0.05) is 15.8 Å². The van der Waals surface area contributed by atoms with Crippen molar-refractivity contribution in [1.82, 2.24) is 10.2 Å². The van der Waals surface area contributed by atoms with E-state index in [4.69, 9.17) is 4.74 Å². The van der Waals surface area contributed by atoms with Crippen LogP contribution in [0, 0.1) is 5.82 Å². The van der Waals surface area contributed by atoms with Gasteiger partial charge in [-0.2, -0.15) is 0 Å². The number of thioether (sulfide) groups is 1. The van der Waals surface area contributed by atoms with Crippen molar-refractivity contribution < 1.29 is 23.8 Å². The van der Waals surface area contributed by atoms with Gasteiger partial charge in [0.1, 0.15) is 17.3 Å². The maximum Gasteiger partial charge on any atom is 0.301 e. The van der Waals surface area contributed by atoms with E-state index < -0.39 is 17.7 Å². The summed E-state index contributed by atoms with van der Waals surface area (Å²) in [5, 5.41) is 20.1. The largest absolute Gasteiger partial charge is 0.507 e. The van der Waals surface area contributed by atoms with Gasteiger partial charge in [-0.1, -0.05) is 76.6 Å². The average molecular weight is 655 g/mol. The first-order valence-electron chi connectivity index (χ1n) is 12.9. The fourth-order valence-electron chi connectivity index (χ4n) is 4.30. The molecule has 11 heteroatoms. The number of anilines is 1. The zero-order valence-corrected chi connectivity index (χ0v) is 25.1. The standard InChI is InChI=1S/C30H25BrFN3O4S2/c1-2-3-15-39-23-13-9-19(10-14-23)26(36)24-25(20-5-4-6-21(31)16-20)35(28(38)27(24)37)29-33-34-30(41-29)40-17-18-7-11-22(32)12-8-18/h4-14,16,25,36H,2-3,15,17H2,1H3/t25-/m0/s1. The van der Waals surface area contributed by atoms with Crippen molar-refractivity contribution in [3.63, 3.8) is 0 Å². The molecule has 1 aromatic heterocycles. The van der Waals surface area contributed by atoms with Crippen LogP contribution in [0.3, 0.4) is 0 Å². The molecule has 1 N–H and O–H groups in total. The third-order valence-corrected chi connectivity index (χ3v) is 9.00. The summed E-state index contributed by atoms with van der Waals surface area (Å²) in [6.45, 7) is 2.67. The van der Waals surface area contributed by atoms with Gasteiger partial charge in [-0.3, -0.25) is 14.5 Å². The number of ether oxygens (including phenoxy) is 1. The minimum absolute atomic E-state index is 0.0385. The van der Waals surface area contributed by atoms with Crippen LogP contribution in [0.1, 0.15) is 42.5 Å². The Morgan fingerprint density at radius 1 is 1.10 bits per heavy atom. The summed E-state index contributed by atoms with van der Waals surface area (Å²) in [7, 11) is 0. The fraction of sp³-hybridized carbons (Fsp3) is 0.200. The SMILES string of the molecule is CCCCOc1ccc(C(O)=C2C(=O)C(=O)N(c3nnc(SCc4ccc(F)cc4)s3)[C@H]2c2cccc(Br)c2)cc1. The van der Waals surface area contributed by atoms with Crippen LogP contribution in [0.25, 0.3) is 5.76 Å². The lowest BCUT2D eigenvalue weighted by molar-refractivity contribution is -0.132. The number of nitrogens with zero attached hydrogens (tertiary/aromatic N) is 3. The summed E-state index contributed by atoms with van der Waals surface area (Å²) in [6.07, 6.45) is 1.94. The summed E-state index contributed by atoms with van der Waals surface area (Å²) in [6, 6.07) is 19.3. The number of hydrogen-bond donors (Lipinski definition) is 1. The molecule has 0 radical (unpaired) electrons. The molecule has 210 valence electrons. The number of halogens is 2. The number of aromatic nitrogens is 2. The number of Topliss-reactive ketones (excluding diaryl/α,β-unsaturated/α-hetero) is 1. The van der Waals surface area contributed by atoms with Crippen molar-refractivity contribution in [3.05, 3.63) is 105 Å². The number of hydrogen-bond acceptors (Lipinski definition) is 8. The van der Waals surface area contributed by atoms with Gasteiger partial charge in [-0.25, -0.2) is 4.39 Å². The van der Waals surface area contributed by atoms with Gasteiger partial charge >= 0.3 is 5.91 Å². The molecule has 0 bridgehead atoms. The van der Waals surface area contributed by atoms with Crippen molar-refractivity contribution in [3.8, 4) is 5.75 Å². The molecule has 41 heavy (non-hydrogen) atoms. The van der Waals surface area contributed by atoms with Gasteiger partial charge in [-0.05, 0) is 66.1 Å². The maximum absolute atomic E-state index is 13.4. The van der Waals surface area contributed by atoms with Crippen LogP contribution < -0.4 is 9.64 Å². The van der Waals surface area contributed by atoms with Gasteiger partial charge in [0.05, 0.1) is 18.2 Å². The van der Waals surface area contributed by atoms with E-state index in [0.29, 0.717) is 33.6 Å². The third-order valence-electron chi connectivity index (χ3n) is 6.38. The average Bonchev–Trinajstić information content (AvgIpc) is 3.55. The van der Waals surface area contributed by atoms with Gasteiger partial charge in [0.15, 0.2) is 4.34 Å². The number of aliphatic hydroxyl groups excluding tert-OH is 1. The molecule has 4 aromatic rings. The van der Waals surface area contributed by atoms with E-state index >= 15 is 0 Å². The third kappa shape index (κ3) is 6.52. The number of carbonyl (C=O) groups excluding carboxylic acids is 2. The predicted octanol–water partition coefficient (Wildman–Crippen LogP) is 7.54. The Kier molecular flexibility index (Phi) is 9.16. The van der Waals surface area contributed by atoms with Crippen LogP contribution in [0.4, 0.5) is 9.52 Å². The first kappa shape index (κ1) is 29.0. The van der Waals surface area contributed by atoms with Crippen molar-refractivity contribution in [2.45, 2.75) is 35.9 Å². The van der Waals surface area contributed by atoms with Crippen LogP contribution in [0.2, 0.25) is 0 Å². The highest BCUT2D eigenvalue weighted by atomic mass is 79.9. The summed E-state index contributed by atoms with van der Waals surface area (Å²) in [4.78, 5) is 28.2. The number of amides is 1. The van der Waals surface area contributed by atoms with E-state index in [1.54, 1.807) is 54.6 Å². The monoisotopic (exact) mass is 653 g/mol. The van der Waals surface area contributed by atoms with Gasteiger partial charge in [0.25, 0.3) is 5.78 Å². The zero-order chi connectivity index (χ0) is 28.9. The van der Waals surface area contributed by atoms with Gasteiger partial charge in [0.2, 0.25) is 5.13 Å². The van der Waals surface area contributed by atoms with Crippen molar-refractivity contribution >= 4 is 61.6 Å². The Bertz CT molecular complexity index is 1590. The van der Waals surface area contributed by atoms with Gasteiger partial charge < -0.3 is 9.84 Å². The van der Waals surface area contributed by atoms with E-state index in [1.165, 1.54) is 40.1 Å². The number of rotatable bonds is 10. The minimum Gasteiger partial charge on any atom is -0.507 e. The van der Waals surface area contributed by atoms with Crippen LogP contribution >= 0.6 is 39.0 Å². The lowest BCUT2D eigenvalue weighted by Gasteiger charge is -2.22. The van der Waals surface area contributed by atoms with E-state index in [-0.39, 0.29) is 22.3 Å². The number of unbranched alkanes of at least 4 members (excludes halogenated alkanes) is 1. The summed E-state index contributed by atoms with van der Waals surface area (Å²) < 4.78 is 20.3. The quantitative estimate of drug-likeness (QED) is 0.0472. The molecule has 0 unspecified atom stereocenters. The van der Waals surface area contributed by atoms with Crippen molar-refractivity contribution in [2.75, 3.05) is 11.5 Å². The Balaban J connectivity index is 1.48. The van der Waals surface area contributed by atoms with E-state index in [1.807, 2.05) is 6.07 Å². The van der Waals surface area contributed by atoms with E-state index in [9.17, 15) is 19.1 Å². The molecule has 1 fully saturated rings. The summed E-state index contributed by atoms with van der Waals surface area (Å²) >= 11 is 6.03. The number of benzene rings is 3. The van der Waals surface area contributed by atoms with Crippen LogP contribution in [-0.2, 0) is 15.3 Å². The second-order valence-electron chi connectivity index (χ2n) is 9.22. The molecule has 1 saturated heterocycles. The van der Waals surface area contributed by atoms with Crippen LogP contribution in [0.15, 0.2) is 87.2 Å². The molecule has 0 aliphatic carbocycles. The highest BCUT2D eigenvalue weighted by Crippen LogP contribution is 2.44. The molecule has 1 aliphatic heterocycles. The topological polar surface area (TPSA) is 92.6 Å². The first-order valence-corrected chi connectivity index (χ1v) is 15.5. The van der Waals surface area contributed by atoms with Crippen LogP contribution in [-0.4, -0.2) is 33.6 Å². The number of aliphatic hydroxyl groups is 1. The summed E-state index contributed by atoms with van der Waals surface area (Å²) in [5.41, 5.74) is 1.88. The van der Waals surface area contributed by atoms with E-state index in [0.717, 1.165) is 22.9 Å². The zero-order valence-electron chi connectivity index (χ0n) is 21.9. The molecule has 7 nitrogen and oxygen atoms in total. The molecule has 1 aliphatic rings. The van der Waals surface area contributed by atoms with Crippen LogP contribution in [0.5, 0.6) is 5.75 Å². The highest BCUT2D eigenvalue weighted by Gasteiger charge is 2.48. The van der Waals surface area contributed by atoms with Crippen molar-refractivity contribution in [2.24, 2.45) is 0 Å². The molecule has 0 spiro atoms. The Hall–Kier alpha value is -3.54. The predicted molar refractivity (Wildman–Crippen MR) is 162 cm³/mol. The minimum atomic E-state index is -0.920. The fourth-order valence-corrected chi connectivity index (χ4v) is 6.55. The molecule has 1 amide bonds. The Labute approximate surface area is 253 Å².